The number of aromatic nitrogens is 1. The van der Waals surface area contributed by atoms with E-state index in [1.807, 2.05) is 27.1 Å². The number of aryl methyl sites for hydroxylation is 1. The van der Waals surface area contributed by atoms with Crippen molar-refractivity contribution in [3.05, 3.63) is 21.9 Å². The van der Waals surface area contributed by atoms with Crippen LogP contribution in [0.5, 0.6) is 0 Å². The minimum absolute atomic E-state index is 0.0496. The fourth-order valence-corrected chi connectivity index (χ4v) is 1.95. The van der Waals surface area contributed by atoms with E-state index in [1.165, 1.54) is 0 Å². The lowest BCUT2D eigenvalue weighted by Gasteiger charge is -2.17. The largest absolute Gasteiger partial charge is 0.387 e. The van der Waals surface area contributed by atoms with E-state index in [-0.39, 0.29) is 6.10 Å². The normalized spacial score (nSPS) is 12.6. The van der Waals surface area contributed by atoms with Crippen molar-refractivity contribution in [3.63, 3.8) is 0 Å². The Morgan fingerprint density at radius 3 is 2.71 bits per heavy atom. The van der Waals surface area contributed by atoms with Crippen LogP contribution >= 0.6 is 15.9 Å². The SMILES string of the molecule is CNc1cnc(C)c(Br)c1C(C)OC. The Hall–Kier alpha value is -0.610. The van der Waals surface area contributed by atoms with Crippen LogP contribution < -0.4 is 5.32 Å². The minimum Gasteiger partial charge on any atom is -0.387 e. The number of methoxy groups -OCH3 is 1. The molecule has 0 radical (unpaired) electrons. The first kappa shape index (κ1) is 11.5. The molecule has 1 rings (SSSR count). The molecule has 3 nitrogen and oxygen atoms in total. The van der Waals surface area contributed by atoms with Gasteiger partial charge in [0.25, 0.3) is 0 Å². The van der Waals surface area contributed by atoms with Crippen molar-refractivity contribution in [3.8, 4) is 0 Å². The van der Waals surface area contributed by atoms with Crippen LogP contribution in [0.15, 0.2) is 10.7 Å². The maximum absolute atomic E-state index is 5.32. The van der Waals surface area contributed by atoms with Gasteiger partial charge in [-0.3, -0.25) is 4.98 Å². The number of pyridine rings is 1. The Balaban J connectivity index is 3.27. The van der Waals surface area contributed by atoms with Gasteiger partial charge in [-0.2, -0.15) is 0 Å². The third-order valence-electron chi connectivity index (χ3n) is 2.26. The summed E-state index contributed by atoms with van der Waals surface area (Å²) in [5.41, 5.74) is 3.09. The minimum atomic E-state index is 0.0496. The highest BCUT2D eigenvalue weighted by molar-refractivity contribution is 9.10. The van der Waals surface area contributed by atoms with Gasteiger partial charge in [-0.25, -0.2) is 0 Å². The quantitative estimate of drug-likeness (QED) is 0.906. The van der Waals surface area contributed by atoms with E-state index in [1.54, 1.807) is 7.11 Å². The van der Waals surface area contributed by atoms with Crippen LogP contribution in [0.3, 0.4) is 0 Å². The van der Waals surface area contributed by atoms with Gasteiger partial charge in [0.15, 0.2) is 0 Å². The molecule has 14 heavy (non-hydrogen) atoms. The van der Waals surface area contributed by atoms with Crippen molar-refractivity contribution in [1.82, 2.24) is 4.98 Å². The Labute approximate surface area is 93.0 Å². The van der Waals surface area contributed by atoms with Gasteiger partial charge in [0.1, 0.15) is 0 Å². The molecule has 0 saturated heterocycles. The summed E-state index contributed by atoms with van der Waals surface area (Å²) in [5.74, 6) is 0. The maximum Gasteiger partial charge on any atom is 0.0825 e. The molecule has 0 saturated carbocycles. The second-order valence-electron chi connectivity index (χ2n) is 3.11. The molecule has 1 atom stereocenters. The van der Waals surface area contributed by atoms with Crippen molar-refractivity contribution >= 4 is 21.6 Å². The van der Waals surface area contributed by atoms with Crippen molar-refractivity contribution in [2.45, 2.75) is 20.0 Å². The number of halogens is 1. The predicted molar refractivity (Wildman–Crippen MR) is 61.6 cm³/mol. The highest BCUT2D eigenvalue weighted by atomic mass is 79.9. The van der Waals surface area contributed by atoms with Gasteiger partial charge in [-0.05, 0) is 29.8 Å². The first-order valence-corrected chi connectivity index (χ1v) is 5.26. The number of nitrogens with zero attached hydrogens (tertiary/aromatic N) is 1. The Kier molecular flexibility index (Phi) is 3.89. The van der Waals surface area contributed by atoms with Gasteiger partial charge in [-0.15, -0.1) is 0 Å². The summed E-state index contributed by atoms with van der Waals surface area (Å²) in [4.78, 5) is 4.26. The van der Waals surface area contributed by atoms with Crippen LogP contribution in [0.25, 0.3) is 0 Å². The summed E-state index contributed by atoms with van der Waals surface area (Å²) in [6, 6.07) is 0. The third-order valence-corrected chi connectivity index (χ3v) is 3.26. The molecular formula is C10H15BrN2O. The van der Waals surface area contributed by atoms with Gasteiger partial charge >= 0.3 is 0 Å². The molecular weight excluding hydrogens is 244 g/mol. The van der Waals surface area contributed by atoms with Crippen LogP contribution in [0.1, 0.15) is 24.3 Å². The number of ether oxygens (including phenoxy) is 1. The molecule has 0 aliphatic heterocycles. The second kappa shape index (κ2) is 4.75. The van der Waals surface area contributed by atoms with Gasteiger partial charge in [0.05, 0.1) is 23.7 Å². The van der Waals surface area contributed by atoms with E-state index in [9.17, 15) is 0 Å². The molecule has 0 spiro atoms. The summed E-state index contributed by atoms with van der Waals surface area (Å²) in [7, 11) is 3.58. The van der Waals surface area contributed by atoms with E-state index < -0.39 is 0 Å². The van der Waals surface area contributed by atoms with Crippen LogP contribution in [0.2, 0.25) is 0 Å². The molecule has 1 aromatic heterocycles. The van der Waals surface area contributed by atoms with Crippen molar-refractivity contribution in [1.29, 1.82) is 0 Å². The molecule has 0 amide bonds. The lowest BCUT2D eigenvalue weighted by atomic mass is 10.1. The molecule has 0 aliphatic rings. The summed E-state index contributed by atoms with van der Waals surface area (Å²) in [6.07, 6.45) is 1.87. The maximum atomic E-state index is 5.32. The number of hydrogen-bond donors (Lipinski definition) is 1. The Morgan fingerprint density at radius 2 is 2.21 bits per heavy atom. The smallest absolute Gasteiger partial charge is 0.0825 e. The first-order valence-electron chi connectivity index (χ1n) is 4.47. The van der Waals surface area contributed by atoms with E-state index in [0.29, 0.717) is 0 Å². The number of nitrogens with one attached hydrogen (secondary N) is 1. The summed E-state index contributed by atoms with van der Waals surface area (Å²) < 4.78 is 6.33. The summed E-state index contributed by atoms with van der Waals surface area (Å²) in [6.45, 7) is 3.98. The van der Waals surface area contributed by atoms with E-state index in [2.05, 4.69) is 26.2 Å². The number of rotatable bonds is 3. The number of hydrogen-bond acceptors (Lipinski definition) is 3. The molecule has 78 valence electrons. The molecule has 0 aromatic carbocycles. The molecule has 0 fully saturated rings. The Morgan fingerprint density at radius 1 is 1.57 bits per heavy atom. The molecule has 1 heterocycles. The van der Waals surface area contributed by atoms with Gasteiger partial charge in [-0.1, -0.05) is 0 Å². The highest BCUT2D eigenvalue weighted by Gasteiger charge is 2.15. The molecule has 4 heteroatoms. The van der Waals surface area contributed by atoms with E-state index in [4.69, 9.17) is 4.74 Å². The van der Waals surface area contributed by atoms with Crippen molar-refractivity contribution in [2.24, 2.45) is 0 Å². The number of anilines is 1. The molecule has 0 aliphatic carbocycles. The fraction of sp³-hybridized carbons (Fsp3) is 0.500. The molecule has 1 aromatic rings. The average Bonchev–Trinajstić information content (AvgIpc) is 2.20. The van der Waals surface area contributed by atoms with Gasteiger partial charge in [0.2, 0.25) is 0 Å². The average molecular weight is 259 g/mol. The molecule has 1 unspecified atom stereocenters. The van der Waals surface area contributed by atoms with Gasteiger partial charge in [0, 0.05) is 24.2 Å². The molecule has 0 bridgehead atoms. The second-order valence-corrected chi connectivity index (χ2v) is 3.91. The highest BCUT2D eigenvalue weighted by Crippen LogP contribution is 2.33. The fourth-order valence-electron chi connectivity index (χ4n) is 1.32. The van der Waals surface area contributed by atoms with Crippen LogP contribution in [0.4, 0.5) is 5.69 Å². The van der Waals surface area contributed by atoms with Crippen LogP contribution in [-0.2, 0) is 4.74 Å². The van der Waals surface area contributed by atoms with Crippen LogP contribution in [0, 0.1) is 6.92 Å². The summed E-state index contributed by atoms with van der Waals surface area (Å²) >= 11 is 3.53. The lowest BCUT2D eigenvalue weighted by Crippen LogP contribution is -2.05. The van der Waals surface area contributed by atoms with Crippen molar-refractivity contribution in [2.75, 3.05) is 19.5 Å². The zero-order valence-electron chi connectivity index (χ0n) is 8.89. The monoisotopic (exact) mass is 258 g/mol. The van der Waals surface area contributed by atoms with Crippen molar-refractivity contribution < 1.29 is 4.74 Å². The molecule has 1 N–H and O–H groups in total. The van der Waals surface area contributed by atoms with Gasteiger partial charge < -0.3 is 10.1 Å². The predicted octanol–water partition coefficient (Wildman–Crippen LogP) is 2.90. The zero-order valence-corrected chi connectivity index (χ0v) is 10.5. The van der Waals surface area contributed by atoms with E-state index in [0.717, 1.165) is 21.4 Å². The topological polar surface area (TPSA) is 34.2 Å². The summed E-state index contributed by atoms with van der Waals surface area (Å²) in [5, 5.41) is 3.11. The third kappa shape index (κ3) is 2.07. The first-order chi connectivity index (χ1) is 6.61. The zero-order chi connectivity index (χ0) is 10.7. The Bertz CT molecular complexity index is 328. The van der Waals surface area contributed by atoms with E-state index >= 15 is 0 Å². The standard InChI is InChI=1S/C10H15BrN2O/c1-6-10(11)9(7(2)14-4)8(12-3)5-13-6/h5,7,12H,1-4H3. The lowest BCUT2D eigenvalue weighted by molar-refractivity contribution is 0.119. The van der Waals surface area contributed by atoms with Crippen LogP contribution in [-0.4, -0.2) is 19.1 Å².